The second-order valence-corrected chi connectivity index (χ2v) is 4.98. The lowest BCUT2D eigenvalue weighted by Gasteiger charge is -2.12. The molecule has 4 nitrogen and oxygen atoms in total. The van der Waals surface area contributed by atoms with Crippen LogP contribution in [0.2, 0.25) is 0 Å². The molecule has 2 N–H and O–H groups in total. The Morgan fingerprint density at radius 2 is 2.00 bits per heavy atom. The zero-order valence-electron chi connectivity index (χ0n) is 11.9. The van der Waals surface area contributed by atoms with E-state index in [1.54, 1.807) is 0 Å². The number of aromatic nitrogens is 2. The number of hydrogen-bond acceptors (Lipinski definition) is 2. The van der Waals surface area contributed by atoms with Gasteiger partial charge < -0.3 is 10.3 Å². The normalized spacial score (nSPS) is 12.9. The molecule has 118 valence electrons. The third-order valence-corrected chi connectivity index (χ3v) is 3.37. The van der Waals surface area contributed by atoms with E-state index in [2.05, 4.69) is 10.3 Å². The van der Waals surface area contributed by atoms with Gasteiger partial charge in [-0.3, -0.25) is 4.79 Å². The summed E-state index contributed by atoms with van der Waals surface area (Å²) in [5.74, 6) is -0.628. The molecule has 1 amide bonds. The number of hydrogen-bond donors (Lipinski definition) is 2. The molecule has 2 aromatic rings. The Bertz CT molecular complexity index is 622. The number of carbonyl (C=O) groups excluding carboxylic acids is 1. The summed E-state index contributed by atoms with van der Waals surface area (Å²) in [5.41, 5.74) is -0.631. The van der Waals surface area contributed by atoms with Gasteiger partial charge in [0, 0.05) is 6.54 Å². The number of nitrogens with one attached hydrogen (secondary N) is 2. The van der Waals surface area contributed by atoms with Crippen molar-refractivity contribution in [3.63, 3.8) is 0 Å². The summed E-state index contributed by atoms with van der Waals surface area (Å²) >= 11 is 0. The summed E-state index contributed by atoms with van der Waals surface area (Å²) in [7, 11) is 0. The molecule has 1 atom stereocenters. The van der Waals surface area contributed by atoms with Crippen molar-refractivity contribution in [2.24, 2.45) is 0 Å². The number of imidazole rings is 1. The van der Waals surface area contributed by atoms with Crippen molar-refractivity contribution in [2.75, 3.05) is 6.54 Å². The van der Waals surface area contributed by atoms with E-state index in [9.17, 15) is 18.0 Å². The maximum Gasteiger partial charge on any atom is 0.433 e. The zero-order chi connectivity index (χ0) is 16.2. The summed E-state index contributed by atoms with van der Waals surface area (Å²) in [4.78, 5) is 17.2. The van der Waals surface area contributed by atoms with Crippen LogP contribution in [-0.4, -0.2) is 22.4 Å². The fourth-order valence-electron chi connectivity index (χ4n) is 2.12. The van der Waals surface area contributed by atoms with Gasteiger partial charge in [0.15, 0.2) is 11.4 Å². The van der Waals surface area contributed by atoms with E-state index in [0.717, 1.165) is 11.9 Å². The molecular formula is C15H16F3N3O. The van der Waals surface area contributed by atoms with Crippen LogP contribution in [0.3, 0.4) is 0 Å². The van der Waals surface area contributed by atoms with Crippen molar-refractivity contribution in [1.29, 1.82) is 0 Å². The van der Waals surface area contributed by atoms with Crippen molar-refractivity contribution < 1.29 is 18.0 Å². The second kappa shape index (κ2) is 6.64. The third-order valence-electron chi connectivity index (χ3n) is 3.37. The Kier molecular flexibility index (Phi) is 4.85. The van der Waals surface area contributed by atoms with Crippen LogP contribution < -0.4 is 5.32 Å². The van der Waals surface area contributed by atoms with Gasteiger partial charge in [-0.25, -0.2) is 4.98 Å². The quantitative estimate of drug-likeness (QED) is 0.889. The Morgan fingerprint density at radius 3 is 2.64 bits per heavy atom. The number of carbonyl (C=O) groups is 1. The van der Waals surface area contributed by atoms with Crippen molar-refractivity contribution in [3.05, 3.63) is 53.6 Å². The van der Waals surface area contributed by atoms with Crippen LogP contribution in [-0.2, 0) is 6.18 Å². The minimum absolute atomic E-state index is 0.197. The van der Waals surface area contributed by atoms with Crippen molar-refractivity contribution in [3.8, 4) is 0 Å². The first kappa shape index (κ1) is 16.1. The molecule has 22 heavy (non-hydrogen) atoms. The molecule has 0 bridgehead atoms. The topological polar surface area (TPSA) is 57.8 Å². The van der Waals surface area contributed by atoms with Crippen LogP contribution in [0.1, 0.15) is 41.0 Å². The van der Waals surface area contributed by atoms with E-state index in [4.69, 9.17) is 0 Å². The predicted octanol–water partition coefficient (Wildman–Crippen LogP) is 3.35. The SMILES string of the molecule is C[C@@H](CCNC(=O)c1nc[nH]c1C(F)(F)F)c1ccccc1. The fourth-order valence-corrected chi connectivity index (χ4v) is 2.12. The molecule has 0 saturated carbocycles. The molecule has 1 aromatic carbocycles. The first-order valence-corrected chi connectivity index (χ1v) is 6.83. The Hall–Kier alpha value is -2.31. The zero-order valence-corrected chi connectivity index (χ0v) is 11.9. The van der Waals surface area contributed by atoms with Crippen LogP contribution in [0, 0.1) is 0 Å². The lowest BCUT2D eigenvalue weighted by Crippen LogP contribution is -2.28. The molecular weight excluding hydrogens is 295 g/mol. The van der Waals surface area contributed by atoms with E-state index in [-0.39, 0.29) is 12.5 Å². The average Bonchev–Trinajstić information content (AvgIpc) is 2.97. The Labute approximate surface area is 125 Å². The van der Waals surface area contributed by atoms with E-state index < -0.39 is 23.5 Å². The molecule has 0 aliphatic carbocycles. The van der Waals surface area contributed by atoms with Crippen LogP contribution in [0.25, 0.3) is 0 Å². The molecule has 1 aromatic heterocycles. The fraction of sp³-hybridized carbons (Fsp3) is 0.333. The highest BCUT2D eigenvalue weighted by Crippen LogP contribution is 2.29. The monoisotopic (exact) mass is 311 g/mol. The standard InChI is InChI=1S/C15H16F3N3O/c1-10(11-5-3-2-4-6-11)7-8-19-14(22)12-13(15(16,17)18)21-9-20-12/h2-6,9-10H,7-8H2,1H3,(H,19,22)(H,20,21)/t10-/m0/s1. The largest absolute Gasteiger partial charge is 0.433 e. The molecule has 0 fully saturated rings. The summed E-state index contributed by atoms with van der Waals surface area (Å²) in [6.07, 6.45) is -3.13. The molecule has 0 aliphatic heterocycles. The van der Waals surface area contributed by atoms with Crippen molar-refractivity contribution in [2.45, 2.75) is 25.4 Å². The Balaban J connectivity index is 1.90. The van der Waals surface area contributed by atoms with Gasteiger partial charge in [0.1, 0.15) is 0 Å². The highest BCUT2D eigenvalue weighted by molar-refractivity contribution is 5.93. The first-order valence-electron chi connectivity index (χ1n) is 6.83. The minimum Gasteiger partial charge on any atom is -0.351 e. The van der Waals surface area contributed by atoms with E-state index >= 15 is 0 Å². The van der Waals surface area contributed by atoms with Gasteiger partial charge in [-0.15, -0.1) is 0 Å². The molecule has 0 radical (unpaired) electrons. The molecule has 0 unspecified atom stereocenters. The van der Waals surface area contributed by atoms with Gasteiger partial charge in [0.2, 0.25) is 0 Å². The van der Waals surface area contributed by atoms with Crippen LogP contribution in [0.15, 0.2) is 36.7 Å². The molecule has 2 rings (SSSR count). The Morgan fingerprint density at radius 1 is 1.32 bits per heavy atom. The lowest BCUT2D eigenvalue weighted by molar-refractivity contribution is -0.141. The van der Waals surface area contributed by atoms with Crippen molar-refractivity contribution in [1.82, 2.24) is 15.3 Å². The van der Waals surface area contributed by atoms with E-state index in [1.807, 2.05) is 42.2 Å². The number of halogens is 3. The number of rotatable bonds is 5. The van der Waals surface area contributed by atoms with Gasteiger partial charge >= 0.3 is 6.18 Å². The van der Waals surface area contributed by atoms with Gasteiger partial charge in [0.25, 0.3) is 5.91 Å². The first-order chi connectivity index (χ1) is 10.4. The number of aromatic amines is 1. The molecule has 0 aliphatic rings. The maximum atomic E-state index is 12.7. The maximum absolute atomic E-state index is 12.7. The number of benzene rings is 1. The van der Waals surface area contributed by atoms with Crippen molar-refractivity contribution >= 4 is 5.91 Å². The summed E-state index contributed by atoms with van der Waals surface area (Å²) in [6, 6.07) is 9.70. The third kappa shape index (κ3) is 3.87. The molecule has 7 heteroatoms. The van der Waals surface area contributed by atoms with Gasteiger partial charge in [-0.05, 0) is 17.9 Å². The number of H-pyrrole nitrogens is 1. The van der Waals surface area contributed by atoms with Gasteiger partial charge in [0.05, 0.1) is 6.33 Å². The average molecular weight is 311 g/mol. The van der Waals surface area contributed by atoms with E-state index in [1.165, 1.54) is 0 Å². The second-order valence-electron chi connectivity index (χ2n) is 4.98. The number of amides is 1. The van der Waals surface area contributed by atoms with Gasteiger partial charge in [-0.1, -0.05) is 37.3 Å². The van der Waals surface area contributed by atoms with Crippen LogP contribution in [0.4, 0.5) is 13.2 Å². The lowest BCUT2D eigenvalue weighted by atomic mass is 9.98. The van der Waals surface area contributed by atoms with Crippen LogP contribution >= 0.6 is 0 Å². The highest BCUT2D eigenvalue weighted by atomic mass is 19.4. The smallest absolute Gasteiger partial charge is 0.351 e. The molecule has 0 saturated heterocycles. The summed E-state index contributed by atoms with van der Waals surface area (Å²) in [6.45, 7) is 2.27. The number of nitrogens with zero attached hydrogens (tertiary/aromatic N) is 1. The van der Waals surface area contributed by atoms with Gasteiger partial charge in [-0.2, -0.15) is 13.2 Å². The molecule has 0 spiro atoms. The molecule has 1 heterocycles. The minimum atomic E-state index is -4.62. The summed E-state index contributed by atoms with van der Waals surface area (Å²) < 4.78 is 38.0. The van der Waals surface area contributed by atoms with Crippen LogP contribution in [0.5, 0.6) is 0 Å². The van der Waals surface area contributed by atoms with E-state index in [0.29, 0.717) is 6.42 Å². The highest BCUT2D eigenvalue weighted by Gasteiger charge is 2.37. The summed E-state index contributed by atoms with van der Waals surface area (Å²) in [5, 5.41) is 2.48. The predicted molar refractivity (Wildman–Crippen MR) is 75.4 cm³/mol. The number of alkyl halides is 3.